The van der Waals surface area contributed by atoms with E-state index in [0.29, 0.717) is 17.1 Å². The summed E-state index contributed by atoms with van der Waals surface area (Å²) >= 11 is 8.42. The first-order valence-corrected chi connectivity index (χ1v) is 7.12. The highest BCUT2D eigenvalue weighted by Gasteiger charge is 2.10. The Bertz CT molecular complexity index is 665. The van der Waals surface area contributed by atoms with Crippen molar-refractivity contribution in [1.29, 1.82) is 0 Å². The lowest BCUT2D eigenvalue weighted by Gasteiger charge is -2.12. The summed E-state index contributed by atoms with van der Waals surface area (Å²) in [4.78, 5) is 0.102. The number of ether oxygens (including phenoxy) is 1. The van der Waals surface area contributed by atoms with Gasteiger partial charge in [-0.3, -0.25) is 0 Å². The van der Waals surface area contributed by atoms with Crippen LogP contribution < -0.4 is 10.5 Å². The lowest BCUT2D eigenvalue weighted by atomic mass is 10.1. The van der Waals surface area contributed by atoms with Crippen molar-refractivity contribution in [3.05, 3.63) is 57.3 Å². The van der Waals surface area contributed by atoms with Crippen molar-refractivity contribution < 1.29 is 9.13 Å². The van der Waals surface area contributed by atoms with Gasteiger partial charge in [0, 0.05) is 4.47 Å². The first-order valence-electron chi connectivity index (χ1n) is 5.92. The van der Waals surface area contributed by atoms with Gasteiger partial charge in [-0.25, -0.2) is 4.39 Å². The summed E-state index contributed by atoms with van der Waals surface area (Å²) in [5, 5.41) is 0. The van der Waals surface area contributed by atoms with Crippen molar-refractivity contribution in [2.24, 2.45) is 5.73 Å². The molecule has 2 nitrogen and oxygen atoms in total. The van der Waals surface area contributed by atoms with Gasteiger partial charge in [0.05, 0.1) is 5.56 Å². The van der Waals surface area contributed by atoms with E-state index in [9.17, 15) is 4.39 Å². The van der Waals surface area contributed by atoms with Crippen molar-refractivity contribution in [2.75, 3.05) is 0 Å². The number of hydrogen-bond donors (Lipinski definition) is 1. The Morgan fingerprint density at radius 3 is 2.35 bits per heavy atom. The third-order valence-electron chi connectivity index (χ3n) is 2.84. The van der Waals surface area contributed by atoms with Gasteiger partial charge in [-0.2, -0.15) is 0 Å². The minimum absolute atomic E-state index is 0.102. The van der Waals surface area contributed by atoms with Crippen molar-refractivity contribution in [2.45, 2.75) is 13.8 Å². The van der Waals surface area contributed by atoms with Crippen LogP contribution in [0.3, 0.4) is 0 Å². The lowest BCUT2D eigenvalue weighted by molar-refractivity contribution is 0.478. The van der Waals surface area contributed by atoms with Crippen LogP contribution in [0, 0.1) is 19.7 Å². The Kier molecular flexibility index (Phi) is 4.40. The smallest absolute Gasteiger partial charge is 0.137 e. The maximum atomic E-state index is 13.3. The highest BCUT2D eigenvalue weighted by atomic mass is 79.9. The maximum Gasteiger partial charge on any atom is 0.137 e. The molecule has 0 unspecified atom stereocenters. The molecule has 0 heterocycles. The largest absolute Gasteiger partial charge is 0.457 e. The topological polar surface area (TPSA) is 35.2 Å². The summed E-state index contributed by atoms with van der Waals surface area (Å²) in [5.41, 5.74) is 8.09. The first-order chi connectivity index (χ1) is 9.38. The average Bonchev–Trinajstić information content (AvgIpc) is 2.37. The second kappa shape index (κ2) is 5.89. The van der Waals surface area contributed by atoms with Crippen LogP contribution in [0.2, 0.25) is 0 Å². The predicted octanol–water partition coefficient (Wildman–Crippen LogP) is 4.63. The molecule has 0 amide bonds. The molecule has 0 radical (unpaired) electrons. The molecule has 0 spiro atoms. The SMILES string of the molecule is Cc1cc(Oc2ccc(F)cc2C(N)=S)cc(C)c1Br. The maximum absolute atomic E-state index is 13.3. The fourth-order valence-electron chi connectivity index (χ4n) is 1.88. The molecule has 2 N–H and O–H groups in total. The van der Waals surface area contributed by atoms with Crippen molar-refractivity contribution >= 4 is 33.1 Å². The minimum Gasteiger partial charge on any atom is -0.457 e. The van der Waals surface area contributed by atoms with Gasteiger partial charge in [-0.1, -0.05) is 28.1 Å². The zero-order valence-electron chi connectivity index (χ0n) is 11.0. The highest BCUT2D eigenvalue weighted by molar-refractivity contribution is 9.10. The number of hydrogen-bond acceptors (Lipinski definition) is 2. The standard InChI is InChI=1S/C15H13BrFNOS/c1-8-5-11(6-9(2)14(8)16)19-13-4-3-10(17)7-12(13)15(18)20/h3-7H,1-2H3,(H2,18,20). The monoisotopic (exact) mass is 353 g/mol. The van der Waals surface area contributed by atoms with Gasteiger partial charge < -0.3 is 10.5 Å². The summed E-state index contributed by atoms with van der Waals surface area (Å²) in [6.45, 7) is 3.95. The number of thiocarbonyl (C=S) groups is 1. The Labute approximate surface area is 130 Å². The molecule has 0 aliphatic carbocycles. The third kappa shape index (κ3) is 3.16. The molecule has 104 valence electrons. The van der Waals surface area contributed by atoms with Gasteiger partial charge in [0.2, 0.25) is 0 Å². The van der Waals surface area contributed by atoms with E-state index in [4.69, 9.17) is 22.7 Å². The zero-order valence-corrected chi connectivity index (χ0v) is 13.4. The molecule has 2 aromatic carbocycles. The molecule has 0 aliphatic heterocycles. The summed E-state index contributed by atoms with van der Waals surface area (Å²) < 4.78 is 20.1. The Morgan fingerprint density at radius 2 is 1.80 bits per heavy atom. The van der Waals surface area contributed by atoms with E-state index in [-0.39, 0.29) is 4.99 Å². The predicted molar refractivity (Wildman–Crippen MR) is 86.0 cm³/mol. The molecule has 0 fully saturated rings. The molecule has 0 bridgehead atoms. The molecule has 0 aromatic heterocycles. The second-order valence-electron chi connectivity index (χ2n) is 4.48. The van der Waals surface area contributed by atoms with E-state index in [1.54, 1.807) is 0 Å². The van der Waals surface area contributed by atoms with E-state index < -0.39 is 5.82 Å². The van der Waals surface area contributed by atoms with E-state index in [0.717, 1.165) is 15.6 Å². The van der Waals surface area contributed by atoms with E-state index in [1.807, 2.05) is 26.0 Å². The van der Waals surface area contributed by atoms with Gasteiger partial charge in [0.25, 0.3) is 0 Å². The number of rotatable bonds is 3. The molecule has 2 rings (SSSR count). The molecular formula is C15H13BrFNOS. The molecule has 0 saturated heterocycles. The van der Waals surface area contributed by atoms with Crippen molar-refractivity contribution in [1.82, 2.24) is 0 Å². The first kappa shape index (κ1) is 14.9. The lowest BCUT2D eigenvalue weighted by Crippen LogP contribution is -2.11. The molecule has 2 aromatic rings. The Morgan fingerprint density at radius 1 is 1.20 bits per heavy atom. The van der Waals surface area contributed by atoms with Crippen LogP contribution in [0.1, 0.15) is 16.7 Å². The molecular weight excluding hydrogens is 341 g/mol. The fourth-order valence-corrected chi connectivity index (χ4v) is 2.26. The summed E-state index contributed by atoms with van der Waals surface area (Å²) in [7, 11) is 0. The molecule has 0 aliphatic rings. The zero-order chi connectivity index (χ0) is 14.9. The van der Waals surface area contributed by atoms with Gasteiger partial charge in [-0.05, 0) is 55.3 Å². The van der Waals surface area contributed by atoms with Gasteiger partial charge in [0.15, 0.2) is 0 Å². The number of benzene rings is 2. The van der Waals surface area contributed by atoms with Crippen LogP contribution >= 0.6 is 28.1 Å². The summed E-state index contributed by atoms with van der Waals surface area (Å²) in [6, 6.07) is 7.90. The molecule has 20 heavy (non-hydrogen) atoms. The van der Waals surface area contributed by atoms with E-state index in [1.165, 1.54) is 18.2 Å². The Balaban J connectivity index is 2.42. The van der Waals surface area contributed by atoms with Crippen molar-refractivity contribution in [3.63, 3.8) is 0 Å². The van der Waals surface area contributed by atoms with Crippen LogP contribution in [0.25, 0.3) is 0 Å². The summed E-state index contributed by atoms with van der Waals surface area (Å²) in [5.74, 6) is 0.704. The third-order valence-corrected chi connectivity index (χ3v) is 4.32. The van der Waals surface area contributed by atoms with Crippen LogP contribution in [0.5, 0.6) is 11.5 Å². The van der Waals surface area contributed by atoms with Gasteiger partial charge in [-0.15, -0.1) is 0 Å². The van der Waals surface area contributed by atoms with Gasteiger partial charge >= 0.3 is 0 Å². The highest BCUT2D eigenvalue weighted by Crippen LogP contribution is 2.31. The number of halogens is 2. The number of aryl methyl sites for hydroxylation is 2. The van der Waals surface area contributed by atoms with Crippen LogP contribution in [0.4, 0.5) is 4.39 Å². The van der Waals surface area contributed by atoms with Crippen LogP contribution in [-0.2, 0) is 0 Å². The normalized spacial score (nSPS) is 10.4. The minimum atomic E-state index is -0.400. The van der Waals surface area contributed by atoms with Crippen LogP contribution in [-0.4, -0.2) is 4.99 Å². The van der Waals surface area contributed by atoms with Crippen LogP contribution in [0.15, 0.2) is 34.8 Å². The summed E-state index contributed by atoms with van der Waals surface area (Å²) in [6.07, 6.45) is 0. The van der Waals surface area contributed by atoms with E-state index in [2.05, 4.69) is 15.9 Å². The van der Waals surface area contributed by atoms with Gasteiger partial charge in [0.1, 0.15) is 22.3 Å². The second-order valence-corrected chi connectivity index (χ2v) is 5.71. The Hall–Kier alpha value is -1.46. The number of nitrogens with two attached hydrogens (primary N) is 1. The average molecular weight is 354 g/mol. The van der Waals surface area contributed by atoms with E-state index >= 15 is 0 Å². The fraction of sp³-hybridized carbons (Fsp3) is 0.133. The molecule has 5 heteroatoms. The van der Waals surface area contributed by atoms with Crippen molar-refractivity contribution in [3.8, 4) is 11.5 Å². The quantitative estimate of drug-likeness (QED) is 0.817. The molecule has 0 atom stereocenters. The molecule has 0 saturated carbocycles.